The van der Waals surface area contributed by atoms with Crippen molar-refractivity contribution in [3.05, 3.63) is 27.7 Å². The van der Waals surface area contributed by atoms with Gasteiger partial charge < -0.3 is 27.7 Å². The summed E-state index contributed by atoms with van der Waals surface area (Å²) in [5.74, 6) is 0. The van der Waals surface area contributed by atoms with Gasteiger partial charge in [0.05, 0.1) is 0 Å². The summed E-state index contributed by atoms with van der Waals surface area (Å²) in [6.45, 7) is 8.00. The first-order chi connectivity index (χ1) is 2.83. The minimum Gasteiger partial charge on any atom is -0.358 e. The molecule has 0 spiro atoms. The first-order valence-electron chi connectivity index (χ1n) is 2.31. The molecule has 2 heteroatoms. The molecule has 0 saturated heterocycles. The average Bonchev–Trinajstić information content (AvgIpc) is 1.39. The van der Waals surface area contributed by atoms with Gasteiger partial charge in [-0.2, -0.15) is 27.7 Å². The van der Waals surface area contributed by atoms with Crippen LogP contribution in [0.4, 0.5) is 0 Å². The van der Waals surface area contributed by atoms with Crippen molar-refractivity contribution in [1.29, 1.82) is 0 Å². The molecule has 0 rings (SSSR count). The van der Waals surface area contributed by atoms with Gasteiger partial charge in [0, 0.05) is 39.0 Å². The molecule has 0 aromatic carbocycles. The van der Waals surface area contributed by atoms with Crippen molar-refractivity contribution in [1.82, 2.24) is 0 Å². The fraction of sp³-hybridized carbons (Fsp3) is 0.500. The summed E-state index contributed by atoms with van der Waals surface area (Å²) in [7, 11) is 0. The van der Waals surface area contributed by atoms with E-state index in [4.69, 9.17) is 0 Å². The molecule has 10 heavy (non-hydrogen) atoms. The van der Waals surface area contributed by atoms with E-state index >= 15 is 0 Å². The largest absolute Gasteiger partial charge is 0.358 e. The van der Waals surface area contributed by atoms with Crippen molar-refractivity contribution >= 4 is 0 Å². The molecule has 0 bridgehead atoms. The number of hydrogen-bond donors (Lipinski definition) is 0. The fourth-order valence-corrected chi connectivity index (χ4v) is 0. The molecular formula is C8H20Zn2-4. The topological polar surface area (TPSA) is 0 Å². The zero-order valence-corrected chi connectivity index (χ0v) is 14.5. The maximum absolute atomic E-state index is 2.00. The van der Waals surface area contributed by atoms with Gasteiger partial charge in [-0.15, -0.1) is 0 Å². The third kappa shape index (κ3) is 405. The van der Waals surface area contributed by atoms with Crippen LogP contribution in [-0.2, 0) is 39.0 Å². The van der Waals surface area contributed by atoms with Crippen LogP contribution in [0.2, 0.25) is 0 Å². The Morgan fingerprint density at radius 2 is 0.600 bits per heavy atom. The molecule has 0 aliphatic carbocycles. The van der Waals surface area contributed by atoms with Gasteiger partial charge >= 0.3 is 0 Å². The second-order valence-corrected chi connectivity index (χ2v) is 1.15. The summed E-state index contributed by atoms with van der Waals surface area (Å²) in [5.41, 5.74) is 0. The van der Waals surface area contributed by atoms with Crippen molar-refractivity contribution < 1.29 is 39.0 Å². The smallest absolute Gasteiger partial charge is 0 e. The molecule has 0 aliphatic heterocycles. The van der Waals surface area contributed by atoms with E-state index in [1.165, 1.54) is 0 Å². The van der Waals surface area contributed by atoms with Gasteiger partial charge in [-0.05, 0) is 0 Å². The van der Waals surface area contributed by atoms with Crippen molar-refractivity contribution in [2.75, 3.05) is 0 Å². The Hall–Kier alpha value is 1.25. The van der Waals surface area contributed by atoms with Gasteiger partial charge in [-0.25, -0.2) is 0 Å². The third-order valence-electron chi connectivity index (χ3n) is 0. The molecule has 60 valence electrons. The van der Waals surface area contributed by atoms with E-state index in [9.17, 15) is 0 Å². The van der Waals surface area contributed by atoms with Crippen LogP contribution in [0.1, 0.15) is 27.7 Å². The van der Waals surface area contributed by atoms with Gasteiger partial charge in [-0.3, -0.25) is 0 Å². The van der Waals surface area contributed by atoms with E-state index in [1.54, 1.807) is 0 Å². The van der Waals surface area contributed by atoms with Crippen LogP contribution < -0.4 is 0 Å². The number of hydrogen-bond acceptors (Lipinski definition) is 0. The average molecular weight is 247 g/mol. The third-order valence-corrected chi connectivity index (χ3v) is 0. The van der Waals surface area contributed by atoms with Crippen molar-refractivity contribution in [3.8, 4) is 0 Å². The Bertz CT molecular complexity index is 9.22. The maximum atomic E-state index is 2.00. The van der Waals surface area contributed by atoms with Gasteiger partial charge in [0.2, 0.25) is 0 Å². The van der Waals surface area contributed by atoms with E-state index in [2.05, 4.69) is 0 Å². The number of rotatable bonds is 0. The van der Waals surface area contributed by atoms with Crippen LogP contribution in [0.3, 0.4) is 0 Å². The zero-order chi connectivity index (χ0) is 5.41. The Balaban J connectivity index is -0.00000000571. The molecule has 0 fully saturated rings. The van der Waals surface area contributed by atoms with E-state index in [1.807, 2.05) is 40.5 Å². The molecule has 0 unspecified atom stereocenters. The molecule has 0 aromatic heterocycles. The Labute approximate surface area is 94.1 Å². The Morgan fingerprint density at radius 1 is 0.600 bits per heavy atom. The summed E-state index contributed by atoms with van der Waals surface area (Å²) in [6.07, 6.45) is 4.00. The first kappa shape index (κ1) is 42.9. The zero-order valence-electron chi connectivity index (χ0n) is 8.57. The van der Waals surface area contributed by atoms with Gasteiger partial charge in [0.1, 0.15) is 0 Å². The molecular weight excluding hydrogens is 227 g/mol. The predicted molar refractivity (Wildman–Crippen MR) is 44.1 cm³/mol. The van der Waals surface area contributed by atoms with Crippen molar-refractivity contribution in [2.45, 2.75) is 27.7 Å². The second-order valence-electron chi connectivity index (χ2n) is 1.15. The van der Waals surface area contributed by atoms with Crippen LogP contribution in [-0.4, -0.2) is 0 Å². The maximum Gasteiger partial charge on any atom is 0 e. The summed E-state index contributed by atoms with van der Waals surface area (Å²) in [4.78, 5) is 0. The van der Waals surface area contributed by atoms with E-state index in [0.29, 0.717) is 0 Å². The summed E-state index contributed by atoms with van der Waals surface area (Å²) >= 11 is 0. The van der Waals surface area contributed by atoms with Gasteiger partial charge in [0.15, 0.2) is 0 Å². The molecule has 0 aliphatic rings. The van der Waals surface area contributed by atoms with Crippen LogP contribution >= 0.6 is 0 Å². The van der Waals surface area contributed by atoms with Crippen molar-refractivity contribution in [3.63, 3.8) is 0 Å². The van der Waals surface area contributed by atoms with E-state index in [0.717, 1.165) is 0 Å². The Morgan fingerprint density at radius 3 is 0.600 bits per heavy atom. The van der Waals surface area contributed by atoms with E-state index < -0.39 is 0 Å². The van der Waals surface area contributed by atoms with Gasteiger partial charge in [0.25, 0.3) is 0 Å². The normalized spacial score (nSPS) is 3.60. The minimum absolute atomic E-state index is 0. The standard InChI is InChI=1S/2C3H7.2CH3.2Zn/c2*1-3-2;;;;/h2*3H,1-2H3;2*1H3;;/q4*-1;;. The molecule has 0 saturated carbocycles. The first-order valence-corrected chi connectivity index (χ1v) is 2.31. The molecule has 0 aromatic rings. The van der Waals surface area contributed by atoms with Crippen LogP contribution in [0.15, 0.2) is 0 Å². The molecule has 0 N–H and O–H groups in total. The Kier molecular flexibility index (Phi) is 357. The molecule has 0 nitrogen and oxygen atoms in total. The SMILES string of the molecule is C[CH-]C.C[CH-]C.[CH3-].[CH3-].[Zn].[Zn]. The van der Waals surface area contributed by atoms with E-state index in [-0.39, 0.29) is 53.8 Å². The predicted octanol–water partition coefficient (Wildman–Crippen LogP) is 3.36. The van der Waals surface area contributed by atoms with Gasteiger partial charge in [-0.1, -0.05) is 0 Å². The summed E-state index contributed by atoms with van der Waals surface area (Å²) < 4.78 is 0. The molecule has 0 amide bonds. The van der Waals surface area contributed by atoms with Crippen LogP contribution in [0.5, 0.6) is 0 Å². The summed E-state index contributed by atoms with van der Waals surface area (Å²) in [6, 6.07) is 0. The quantitative estimate of drug-likeness (QED) is 0.454. The minimum atomic E-state index is 0. The molecule has 0 heterocycles. The fourth-order valence-electron chi connectivity index (χ4n) is 0. The second kappa shape index (κ2) is 83.1. The molecule has 0 radical (unpaired) electrons. The molecule has 0 atom stereocenters. The van der Waals surface area contributed by atoms with Crippen LogP contribution in [0.25, 0.3) is 0 Å². The summed E-state index contributed by atoms with van der Waals surface area (Å²) in [5, 5.41) is 0. The van der Waals surface area contributed by atoms with Crippen molar-refractivity contribution in [2.24, 2.45) is 0 Å². The van der Waals surface area contributed by atoms with Crippen LogP contribution in [0, 0.1) is 27.7 Å². The monoisotopic (exact) mass is 244 g/mol.